The van der Waals surface area contributed by atoms with Gasteiger partial charge < -0.3 is 10.4 Å². The number of nitrogens with one attached hydrogen (secondary N) is 1. The molecule has 1 heterocycles. The van der Waals surface area contributed by atoms with Gasteiger partial charge in [0.2, 0.25) is 0 Å². The Labute approximate surface area is 177 Å². The van der Waals surface area contributed by atoms with Crippen LogP contribution in [0.15, 0.2) is 46.8 Å². The van der Waals surface area contributed by atoms with Crippen LogP contribution in [0.25, 0.3) is 10.2 Å². The van der Waals surface area contributed by atoms with Crippen LogP contribution in [0.1, 0.15) is 24.8 Å². The number of nitrogens with zero attached hydrogens (tertiary/aromatic N) is 3. The molecular weight excluding hydrogens is 408 g/mol. The maximum absolute atomic E-state index is 12.9. The normalized spacial score (nSPS) is 10.5. The first-order chi connectivity index (χ1) is 14.0. The van der Waals surface area contributed by atoms with Crippen LogP contribution in [0.5, 0.6) is 0 Å². The number of hydrogen-bond acceptors (Lipinski definition) is 6. The summed E-state index contributed by atoms with van der Waals surface area (Å²) in [5.41, 5.74) is 2.57. The minimum absolute atomic E-state index is 0.0575. The van der Waals surface area contributed by atoms with E-state index in [0.29, 0.717) is 40.7 Å². The molecule has 0 aliphatic rings. The number of carbonyl (C=O) groups is 2. The SMILES string of the molecule is N#Cc1ccc(NC(=O)N(CCCCC(=O)O)c2ccc3nc(S)sc3c2)cc1. The maximum atomic E-state index is 12.9. The number of fused-ring (bicyclic) bond motifs is 1. The highest BCUT2D eigenvalue weighted by Gasteiger charge is 2.17. The van der Waals surface area contributed by atoms with Crippen LogP contribution in [0.3, 0.4) is 0 Å². The van der Waals surface area contributed by atoms with Gasteiger partial charge in [0.25, 0.3) is 0 Å². The predicted octanol–water partition coefficient (Wildman–Crippen LogP) is 4.75. The summed E-state index contributed by atoms with van der Waals surface area (Å²) in [6, 6.07) is 13.8. The molecule has 0 spiro atoms. The van der Waals surface area contributed by atoms with Gasteiger partial charge >= 0.3 is 12.0 Å². The average Bonchev–Trinajstić information content (AvgIpc) is 3.07. The number of hydrogen-bond donors (Lipinski definition) is 3. The molecule has 148 valence electrons. The number of carbonyl (C=O) groups excluding carboxylic acids is 1. The lowest BCUT2D eigenvalue weighted by molar-refractivity contribution is -0.137. The fraction of sp³-hybridized carbons (Fsp3) is 0.200. The van der Waals surface area contributed by atoms with E-state index in [1.165, 1.54) is 11.3 Å². The van der Waals surface area contributed by atoms with Crippen LogP contribution in [0.4, 0.5) is 16.2 Å². The van der Waals surface area contributed by atoms with E-state index < -0.39 is 5.97 Å². The van der Waals surface area contributed by atoms with Crippen molar-refractivity contribution in [3.8, 4) is 6.07 Å². The van der Waals surface area contributed by atoms with Gasteiger partial charge in [0, 0.05) is 24.3 Å². The summed E-state index contributed by atoms with van der Waals surface area (Å²) in [5, 5.41) is 20.6. The lowest BCUT2D eigenvalue weighted by Gasteiger charge is -2.23. The van der Waals surface area contributed by atoms with E-state index in [2.05, 4.69) is 22.9 Å². The number of amides is 2. The smallest absolute Gasteiger partial charge is 0.326 e. The van der Waals surface area contributed by atoms with E-state index in [1.54, 1.807) is 29.2 Å². The number of urea groups is 1. The van der Waals surface area contributed by atoms with E-state index >= 15 is 0 Å². The number of benzene rings is 2. The van der Waals surface area contributed by atoms with Crippen molar-refractivity contribution in [2.45, 2.75) is 23.6 Å². The Morgan fingerprint density at radius 1 is 1.21 bits per heavy atom. The number of nitriles is 1. The number of thiazole rings is 1. The van der Waals surface area contributed by atoms with Gasteiger partial charge in [-0.1, -0.05) is 0 Å². The summed E-state index contributed by atoms with van der Waals surface area (Å²) in [6.07, 6.45) is 1.08. The molecule has 2 aromatic carbocycles. The molecule has 0 saturated heterocycles. The van der Waals surface area contributed by atoms with Crippen LogP contribution in [0.2, 0.25) is 0 Å². The highest BCUT2D eigenvalue weighted by Crippen LogP contribution is 2.29. The highest BCUT2D eigenvalue weighted by molar-refractivity contribution is 7.82. The van der Waals surface area contributed by atoms with Crippen LogP contribution in [-0.4, -0.2) is 28.6 Å². The largest absolute Gasteiger partial charge is 0.481 e. The molecule has 9 heteroatoms. The molecule has 0 bridgehead atoms. The van der Waals surface area contributed by atoms with Crippen molar-refractivity contribution in [3.63, 3.8) is 0 Å². The van der Waals surface area contributed by atoms with Crippen molar-refractivity contribution in [1.29, 1.82) is 5.26 Å². The summed E-state index contributed by atoms with van der Waals surface area (Å²) in [4.78, 5) is 29.6. The second-order valence-electron chi connectivity index (χ2n) is 6.27. The van der Waals surface area contributed by atoms with Crippen molar-refractivity contribution in [1.82, 2.24) is 4.98 Å². The Bertz CT molecular complexity index is 1070. The van der Waals surface area contributed by atoms with E-state index in [4.69, 9.17) is 10.4 Å². The molecule has 0 aliphatic heterocycles. The molecular formula is C20H18N4O3S2. The first kappa shape index (κ1) is 20.6. The van der Waals surface area contributed by atoms with Crippen LogP contribution in [0, 0.1) is 11.3 Å². The van der Waals surface area contributed by atoms with Gasteiger partial charge in [-0.2, -0.15) is 5.26 Å². The predicted molar refractivity (Wildman–Crippen MR) is 116 cm³/mol. The summed E-state index contributed by atoms with van der Waals surface area (Å²) in [7, 11) is 0. The van der Waals surface area contributed by atoms with Crippen molar-refractivity contribution >= 4 is 57.6 Å². The molecule has 3 rings (SSSR count). The quantitative estimate of drug-likeness (QED) is 0.373. The van der Waals surface area contributed by atoms with Crippen LogP contribution < -0.4 is 10.2 Å². The molecule has 1 aromatic heterocycles. The molecule has 0 atom stereocenters. The zero-order valence-corrected chi connectivity index (χ0v) is 17.0. The van der Waals surface area contributed by atoms with E-state index in [1.807, 2.05) is 24.3 Å². The molecule has 0 unspecified atom stereocenters. The van der Waals surface area contributed by atoms with Gasteiger partial charge in [0.15, 0.2) is 0 Å². The molecule has 2 amide bonds. The van der Waals surface area contributed by atoms with E-state index in [-0.39, 0.29) is 12.5 Å². The van der Waals surface area contributed by atoms with Gasteiger partial charge in [-0.25, -0.2) is 9.78 Å². The number of unbranched alkanes of at least 4 members (excludes halogenated alkanes) is 1. The second kappa shape index (κ2) is 9.41. The standard InChI is InChI=1S/C20H18N4O3S2/c21-12-13-4-6-14(7-5-13)22-19(27)24(10-2-1-3-18(25)26)15-8-9-16-17(11-15)29-20(28)23-16/h4-9,11H,1-3,10H2,(H,22,27)(H,23,28)(H,25,26). The Hall–Kier alpha value is -3.09. The molecule has 29 heavy (non-hydrogen) atoms. The lowest BCUT2D eigenvalue weighted by atomic mass is 10.2. The minimum atomic E-state index is -0.856. The van der Waals surface area contributed by atoms with Gasteiger partial charge in [-0.3, -0.25) is 9.69 Å². The number of aromatic nitrogens is 1. The zero-order valence-electron chi connectivity index (χ0n) is 15.3. The molecule has 0 radical (unpaired) electrons. The van der Waals surface area contributed by atoms with Crippen molar-refractivity contribution in [2.75, 3.05) is 16.8 Å². The third kappa shape index (κ3) is 5.47. The monoisotopic (exact) mass is 426 g/mol. The number of carboxylic acids is 1. The second-order valence-corrected chi connectivity index (χ2v) is 8.03. The fourth-order valence-corrected chi connectivity index (χ4v) is 3.92. The van der Waals surface area contributed by atoms with Gasteiger partial charge in [0.05, 0.1) is 21.8 Å². The van der Waals surface area contributed by atoms with E-state index in [9.17, 15) is 9.59 Å². The first-order valence-corrected chi connectivity index (χ1v) is 10.1. The summed E-state index contributed by atoms with van der Waals surface area (Å²) in [5.74, 6) is -0.856. The third-order valence-corrected chi connectivity index (χ3v) is 5.40. The van der Waals surface area contributed by atoms with Gasteiger partial charge in [0.1, 0.15) is 4.34 Å². The zero-order chi connectivity index (χ0) is 20.8. The lowest BCUT2D eigenvalue weighted by Crippen LogP contribution is -2.35. The Morgan fingerprint density at radius 2 is 1.97 bits per heavy atom. The molecule has 2 N–H and O–H groups in total. The topological polar surface area (TPSA) is 106 Å². The number of carboxylic acid groups (broad SMARTS) is 1. The minimum Gasteiger partial charge on any atom is -0.481 e. The molecule has 3 aromatic rings. The third-order valence-electron chi connectivity index (χ3n) is 4.21. The summed E-state index contributed by atoms with van der Waals surface area (Å²) < 4.78 is 1.56. The number of rotatable bonds is 7. The Balaban J connectivity index is 1.80. The molecule has 0 fully saturated rings. The van der Waals surface area contributed by atoms with Crippen LogP contribution in [-0.2, 0) is 4.79 Å². The fourth-order valence-electron chi connectivity index (χ4n) is 2.78. The number of aliphatic carboxylic acids is 1. The first-order valence-electron chi connectivity index (χ1n) is 8.86. The summed E-state index contributed by atoms with van der Waals surface area (Å²) >= 11 is 5.70. The van der Waals surface area contributed by atoms with Crippen molar-refractivity contribution < 1.29 is 14.7 Å². The highest BCUT2D eigenvalue weighted by atomic mass is 32.2. The Morgan fingerprint density at radius 3 is 2.66 bits per heavy atom. The molecule has 7 nitrogen and oxygen atoms in total. The van der Waals surface area contributed by atoms with Crippen molar-refractivity contribution in [2.24, 2.45) is 0 Å². The summed E-state index contributed by atoms with van der Waals surface area (Å²) in [6.45, 7) is 0.368. The maximum Gasteiger partial charge on any atom is 0.326 e. The van der Waals surface area contributed by atoms with Gasteiger partial charge in [-0.15, -0.1) is 24.0 Å². The number of thiol groups is 1. The molecule has 0 saturated carbocycles. The average molecular weight is 427 g/mol. The van der Waals surface area contributed by atoms with Crippen molar-refractivity contribution in [3.05, 3.63) is 48.0 Å². The van der Waals surface area contributed by atoms with E-state index in [0.717, 1.165) is 10.2 Å². The molecule has 0 aliphatic carbocycles. The Kier molecular flexibility index (Phi) is 6.69. The number of anilines is 2. The van der Waals surface area contributed by atoms with Gasteiger partial charge in [-0.05, 0) is 55.3 Å². The van der Waals surface area contributed by atoms with Crippen LogP contribution >= 0.6 is 24.0 Å².